The van der Waals surface area contributed by atoms with Crippen molar-refractivity contribution in [1.82, 2.24) is 25.2 Å². The maximum atomic E-state index is 12.2. The van der Waals surface area contributed by atoms with Crippen molar-refractivity contribution in [3.63, 3.8) is 0 Å². The van der Waals surface area contributed by atoms with Gasteiger partial charge in [0.15, 0.2) is 0 Å². The molecule has 1 unspecified atom stereocenters. The van der Waals surface area contributed by atoms with Gasteiger partial charge in [-0.05, 0) is 63.2 Å². The molecule has 208 valence electrons. The Hall–Kier alpha value is -3.48. The predicted molar refractivity (Wildman–Crippen MR) is 135 cm³/mol. The Balaban J connectivity index is 0.000000304. The first-order valence-electron chi connectivity index (χ1n) is 12.7. The molecule has 13 heteroatoms. The van der Waals surface area contributed by atoms with Gasteiger partial charge in [-0.15, -0.1) is 0 Å². The zero-order valence-corrected chi connectivity index (χ0v) is 21.1. The highest BCUT2D eigenvalue weighted by atomic mass is 19.4. The van der Waals surface area contributed by atoms with E-state index in [0.29, 0.717) is 12.4 Å². The molecule has 1 fully saturated rings. The quantitative estimate of drug-likeness (QED) is 0.399. The van der Waals surface area contributed by atoms with Gasteiger partial charge in [0, 0.05) is 37.7 Å². The lowest BCUT2D eigenvalue weighted by Gasteiger charge is -2.32. The van der Waals surface area contributed by atoms with E-state index in [-0.39, 0.29) is 30.7 Å². The summed E-state index contributed by atoms with van der Waals surface area (Å²) in [7, 11) is 0. The smallest absolute Gasteiger partial charge is 0.419 e. The van der Waals surface area contributed by atoms with Crippen molar-refractivity contribution < 1.29 is 27.9 Å². The average molecular weight is 538 g/mol. The first-order chi connectivity index (χ1) is 18.1. The third kappa shape index (κ3) is 9.43. The lowest BCUT2D eigenvalue weighted by Crippen LogP contribution is -2.43. The van der Waals surface area contributed by atoms with Gasteiger partial charge in [-0.1, -0.05) is 6.07 Å². The van der Waals surface area contributed by atoms with Gasteiger partial charge in [0.05, 0.1) is 17.9 Å². The lowest BCUT2D eigenvalue weighted by atomic mass is 9.96. The summed E-state index contributed by atoms with van der Waals surface area (Å²) in [6.07, 6.45) is 3.02. The van der Waals surface area contributed by atoms with Crippen molar-refractivity contribution in [3.05, 3.63) is 41.3 Å². The normalized spacial score (nSPS) is 17.4. The number of alkyl halides is 3. The molecule has 1 amide bonds. The number of hydrogen-bond donors (Lipinski definition) is 4. The van der Waals surface area contributed by atoms with Crippen molar-refractivity contribution in [2.24, 2.45) is 5.92 Å². The Kier molecular flexibility index (Phi) is 10.6. The van der Waals surface area contributed by atoms with Gasteiger partial charge in [-0.3, -0.25) is 9.59 Å². The Morgan fingerprint density at radius 3 is 2.68 bits per heavy atom. The van der Waals surface area contributed by atoms with E-state index in [0.717, 1.165) is 69.8 Å². The molecule has 0 bridgehead atoms. The summed E-state index contributed by atoms with van der Waals surface area (Å²) in [6.45, 7) is 3.97. The van der Waals surface area contributed by atoms with Gasteiger partial charge in [0.1, 0.15) is 5.82 Å². The minimum absolute atomic E-state index is 0.0108. The Morgan fingerprint density at radius 1 is 1.21 bits per heavy atom. The van der Waals surface area contributed by atoms with Crippen LogP contribution in [-0.2, 0) is 28.6 Å². The van der Waals surface area contributed by atoms with Crippen LogP contribution in [0.3, 0.4) is 0 Å². The number of likely N-dealkylation sites (tertiary alicyclic amines) is 1. The summed E-state index contributed by atoms with van der Waals surface area (Å²) in [5.74, 6) is -0.0404. The highest BCUT2D eigenvalue weighted by Gasteiger charge is 2.31. The topological polar surface area (TPSA) is 146 Å². The highest BCUT2D eigenvalue weighted by molar-refractivity contribution is 5.79. The molecule has 0 saturated carbocycles. The van der Waals surface area contributed by atoms with Crippen molar-refractivity contribution >= 4 is 23.6 Å². The number of nitrogens with two attached hydrogens (primary N) is 1. The van der Waals surface area contributed by atoms with Crippen LogP contribution < -0.4 is 16.4 Å². The van der Waals surface area contributed by atoms with E-state index in [1.54, 1.807) is 0 Å². The number of pyridine rings is 1. The molecule has 2 aromatic rings. The summed E-state index contributed by atoms with van der Waals surface area (Å²) in [4.78, 5) is 36.2. The number of anilines is 2. The number of carboxylic acid groups (broad SMARTS) is 1. The third-order valence-electron chi connectivity index (χ3n) is 6.37. The second-order valence-electron chi connectivity index (χ2n) is 9.35. The molecular formula is C25H34F3N7O3. The number of nitrogen functional groups attached to an aromatic ring is 1. The second-order valence-corrected chi connectivity index (χ2v) is 9.35. The van der Waals surface area contributed by atoms with Crippen molar-refractivity contribution in [2.45, 2.75) is 51.1 Å². The number of hydrogen-bond acceptors (Lipinski definition) is 8. The van der Waals surface area contributed by atoms with Crippen LogP contribution in [0.2, 0.25) is 0 Å². The van der Waals surface area contributed by atoms with Crippen LogP contribution in [0, 0.1) is 5.92 Å². The fourth-order valence-corrected chi connectivity index (χ4v) is 4.39. The van der Waals surface area contributed by atoms with Crippen molar-refractivity contribution in [1.29, 1.82) is 0 Å². The maximum Gasteiger partial charge on any atom is 0.419 e. The number of nitrogens with zero attached hydrogens (tertiary/aromatic N) is 4. The van der Waals surface area contributed by atoms with Crippen LogP contribution in [0.15, 0.2) is 24.5 Å². The minimum Gasteiger partial charge on any atom is -0.481 e. The number of nitrogens with one attached hydrogen (secondary N) is 2. The molecule has 1 saturated heterocycles. The zero-order chi connectivity index (χ0) is 27.5. The molecule has 1 atom stereocenters. The molecule has 38 heavy (non-hydrogen) atoms. The fourth-order valence-electron chi connectivity index (χ4n) is 4.39. The van der Waals surface area contributed by atoms with Gasteiger partial charge < -0.3 is 26.4 Å². The number of carbonyl (C=O) groups is 2. The average Bonchev–Trinajstić information content (AvgIpc) is 2.89. The van der Waals surface area contributed by atoms with Gasteiger partial charge in [0.25, 0.3) is 0 Å². The van der Waals surface area contributed by atoms with Crippen LogP contribution in [0.5, 0.6) is 0 Å². The van der Waals surface area contributed by atoms with Crippen molar-refractivity contribution in [3.8, 4) is 0 Å². The minimum atomic E-state index is -4.40. The number of piperidine rings is 1. The zero-order valence-electron chi connectivity index (χ0n) is 21.1. The molecule has 0 aliphatic carbocycles. The Labute approximate surface area is 219 Å². The van der Waals surface area contributed by atoms with Gasteiger partial charge in [-0.25, -0.2) is 15.0 Å². The van der Waals surface area contributed by atoms with Gasteiger partial charge >= 0.3 is 12.1 Å². The Morgan fingerprint density at radius 2 is 1.97 bits per heavy atom. The van der Waals surface area contributed by atoms with Crippen LogP contribution >= 0.6 is 0 Å². The number of rotatable bonds is 8. The molecule has 2 aliphatic rings. The molecule has 4 rings (SSSR count). The summed E-state index contributed by atoms with van der Waals surface area (Å²) in [5, 5.41) is 14.8. The maximum absolute atomic E-state index is 12.2. The number of aromatic nitrogens is 3. The molecule has 0 aromatic carbocycles. The van der Waals surface area contributed by atoms with Crippen LogP contribution in [-0.4, -0.2) is 69.6 Å². The number of carboxylic acids is 1. The fraction of sp³-hybridized carbons (Fsp3) is 0.560. The van der Waals surface area contributed by atoms with E-state index in [1.807, 2.05) is 0 Å². The van der Waals surface area contributed by atoms with E-state index < -0.39 is 17.7 Å². The van der Waals surface area contributed by atoms with E-state index in [1.165, 1.54) is 12.0 Å². The third-order valence-corrected chi connectivity index (χ3v) is 6.37. The molecule has 0 spiro atoms. The summed E-state index contributed by atoms with van der Waals surface area (Å²) >= 11 is 0. The number of aliphatic carboxylic acids is 1. The molecule has 10 nitrogen and oxygen atoms in total. The first-order valence-corrected chi connectivity index (χ1v) is 12.7. The number of amides is 1. The molecule has 2 aliphatic heterocycles. The predicted octanol–water partition coefficient (Wildman–Crippen LogP) is 2.75. The summed E-state index contributed by atoms with van der Waals surface area (Å²) in [6, 6.07) is 4.34. The molecule has 0 radical (unpaired) electrons. The van der Waals surface area contributed by atoms with E-state index >= 15 is 0 Å². The molecule has 4 heterocycles. The van der Waals surface area contributed by atoms with E-state index in [2.05, 4.69) is 37.6 Å². The van der Waals surface area contributed by atoms with E-state index in [4.69, 9.17) is 15.8 Å². The lowest BCUT2D eigenvalue weighted by molar-refractivity contribution is -0.138. The second kappa shape index (κ2) is 13.9. The van der Waals surface area contributed by atoms with Gasteiger partial charge in [-0.2, -0.15) is 13.2 Å². The van der Waals surface area contributed by atoms with E-state index in [9.17, 15) is 22.8 Å². The monoisotopic (exact) mass is 537 g/mol. The van der Waals surface area contributed by atoms with Crippen molar-refractivity contribution in [2.75, 3.05) is 43.8 Å². The van der Waals surface area contributed by atoms with Crippen LogP contribution in [0.1, 0.15) is 48.9 Å². The summed E-state index contributed by atoms with van der Waals surface area (Å²) < 4.78 is 35.4. The molecular weight excluding hydrogens is 503 g/mol. The summed E-state index contributed by atoms with van der Waals surface area (Å²) in [5.41, 5.74) is 6.53. The first kappa shape index (κ1) is 29.1. The van der Waals surface area contributed by atoms with Crippen LogP contribution in [0.4, 0.5) is 24.9 Å². The number of aryl methyl sites for hydroxylation is 2. The SMILES string of the molecule is Nc1ncc(C(F)(F)F)cn1.O=C(O)CCNC(=O)C1CCCN(CCCc2ccc3c(n2)NCCC3)C1. The standard InChI is InChI=1S/C20H30N4O3.C5H4F3N3/c25-18(26)9-11-22-20(27)16-5-2-12-24(14-16)13-3-6-17-8-7-15-4-1-10-21-19(15)23-17;6-5(7,8)3-1-10-4(9)11-2-3/h7-8,16H,1-6,9-14H2,(H,21,23)(H,22,27)(H,25,26);1-2H,(H2,9,10,11). The number of carbonyl (C=O) groups excluding carboxylic acids is 1. The van der Waals surface area contributed by atoms with Gasteiger partial charge in [0.2, 0.25) is 11.9 Å². The molecule has 2 aromatic heterocycles. The largest absolute Gasteiger partial charge is 0.481 e. The highest BCUT2D eigenvalue weighted by Crippen LogP contribution is 2.27. The molecule has 5 N–H and O–H groups in total. The van der Waals surface area contributed by atoms with Crippen LogP contribution in [0.25, 0.3) is 0 Å². The number of fused-ring (bicyclic) bond motifs is 1. The Bertz CT molecular complexity index is 1070. The number of halogens is 3.